The normalized spacial score (nSPS) is 11.3. The van der Waals surface area contributed by atoms with Crippen LogP contribution in [0.5, 0.6) is 0 Å². The SMILES string of the molecule is Cc1ccc(-c2csc(/C(C#N)=C/Nc3cccc(C)c3C)n2)cc1C. The molecule has 3 nitrogen and oxygen atoms in total. The average Bonchev–Trinajstić information content (AvgIpc) is 3.11. The summed E-state index contributed by atoms with van der Waals surface area (Å²) >= 11 is 1.49. The molecule has 2 aromatic carbocycles. The second-order valence-electron chi connectivity index (χ2n) is 6.40. The third kappa shape index (κ3) is 3.68. The molecule has 130 valence electrons. The molecule has 4 heteroatoms. The summed E-state index contributed by atoms with van der Waals surface area (Å²) < 4.78 is 0. The van der Waals surface area contributed by atoms with Gasteiger partial charge in [0.1, 0.15) is 16.6 Å². The van der Waals surface area contributed by atoms with Crippen LogP contribution in [0.15, 0.2) is 48.0 Å². The molecule has 0 saturated carbocycles. The van der Waals surface area contributed by atoms with Crippen molar-refractivity contribution in [3.8, 4) is 17.3 Å². The maximum atomic E-state index is 9.55. The maximum Gasteiger partial charge on any atom is 0.136 e. The minimum Gasteiger partial charge on any atom is -0.360 e. The third-order valence-electron chi connectivity index (χ3n) is 4.63. The van der Waals surface area contributed by atoms with Crippen LogP contribution in [0.25, 0.3) is 16.8 Å². The van der Waals surface area contributed by atoms with Gasteiger partial charge < -0.3 is 5.32 Å². The molecular formula is C22H21N3S. The van der Waals surface area contributed by atoms with Crippen LogP contribution in [0.3, 0.4) is 0 Å². The van der Waals surface area contributed by atoms with Gasteiger partial charge in [0.05, 0.1) is 5.69 Å². The number of allylic oxidation sites excluding steroid dienone is 1. The first kappa shape index (κ1) is 17.9. The van der Waals surface area contributed by atoms with E-state index >= 15 is 0 Å². The molecule has 0 aliphatic rings. The van der Waals surface area contributed by atoms with Crippen molar-refractivity contribution in [3.05, 3.63) is 75.2 Å². The molecule has 0 fully saturated rings. The minimum absolute atomic E-state index is 0.533. The predicted octanol–water partition coefficient (Wildman–Crippen LogP) is 6.02. The fraction of sp³-hybridized carbons (Fsp3) is 0.182. The molecule has 26 heavy (non-hydrogen) atoms. The van der Waals surface area contributed by atoms with Crippen LogP contribution in [0, 0.1) is 39.0 Å². The fourth-order valence-corrected chi connectivity index (χ4v) is 3.42. The van der Waals surface area contributed by atoms with Crippen LogP contribution in [0.1, 0.15) is 27.3 Å². The highest BCUT2D eigenvalue weighted by Gasteiger charge is 2.10. The van der Waals surface area contributed by atoms with Gasteiger partial charge in [-0.15, -0.1) is 11.3 Å². The van der Waals surface area contributed by atoms with Gasteiger partial charge in [-0.25, -0.2) is 4.98 Å². The van der Waals surface area contributed by atoms with Gasteiger partial charge in [0.15, 0.2) is 0 Å². The Kier molecular flexibility index (Phi) is 5.20. The Labute approximate surface area is 158 Å². The molecule has 0 atom stereocenters. The molecule has 0 unspecified atom stereocenters. The number of rotatable bonds is 4. The smallest absolute Gasteiger partial charge is 0.136 e. The fourth-order valence-electron chi connectivity index (χ4n) is 2.63. The summed E-state index contributed by atoms with van der Waals surface area (Å²) in [5, 5.41) is 15.5. The summed E-state index contributed by atoms with van der Waals surface area (Å²) in [6.45, 7) is 8.34. The maximum absolute atomic E-state index is 9.55. The zero-order chi connectivity index (χ0) is 18.7. The van der Waals surface area contributed by atoms with Crippen molar-refractivity contribution in [2.24, 2.45) is 0 Å². The summed E-state index contributed by atoms with van der Waals surface area (Å²) in [5.74, 6) is 0. The molecule has 0 aliphatic heterocycles. The Balaban J connectivity index is 1.87. The largest absolute Gasteiger partial charge is 0.360 e. The second-order valence-corrected chi connectivity index (χ2v) is 7.26. The van der Waals surface area contributed by atoms with Crippen LogP contribution in [-0.2, 0) is 0 Å². The zero-order valence-electron chi connectivity index (χ0n) is 15.4. The van der Waals surface area contributed by atoms with E-state index in [2.05, 4.69) is 68.3 Å². The highest BCUT2D eigenvalue weighted by atomic mass is 32.1. The van der Waals surface area contributed by atoms with Crippen molar-refractivity contribution in [2.45, 2.75) is 27.7 Å². The van der Waals surface area contributed by atoms with Crippen molar-refractivity contribution in [3.63, 3.8) is 0 Å². The molecule has 1 heterocycles. The summed E-state index contributed by atoms with van der Waals surface area (Å²) in [6, 6.07) is 14.7. The topological polar surface area (TPSA) is 48.7 Å². The Hall–Kier alpha value is -2.90. The van der Waals surface area contributed by atoms with E-state index in [4.69, 9.17) is 0 Å². The van der Waals surface area contributed by atoms with Crippen molar-refractivity contribution in [2.75, 3.05) is 5.32 Å². The molecule has 3 rings (SSSR count). The van der Waals surface area contributed by atoms with Crippen molar-refractivity contribution < 1.29 is 0 Å². The standard InChI is InChI=1S/C22H21N3S/c1-14-8-9-18(10-16(14)3)21-13-26-22(25-21)19(11-23)12-24-20-7-5-6-15(2)17(20)4/h5-10,12-13,24H,1-4H3/b19-12+. The number of hydrogen-bond acceptors (Lipinski definition) is 4. The molecule has 1 N–H and O–H groups in total. The molecule has 0 spiro atoms. The number of aryl methyl sites for hydroxylation is 3. The molecule has 1 aromatic heterocycles. The number of thiazole rings is 1. The Morgan fingerprint density at radius 1 is 1.08 bits per heavy atom. The Bertz CT molecular complexity index is 1020. The lowest BCUT2D eigenvalue weighted by molar-refractivity contribution is 1.31. The van der Waals surface area contributed by atoms with E-state index in [1.165, 1.54) is 33.6 Å². The van der Waals surface area contributed by atoms with Gasteiger partial charge in [-0.05, 0) is 62.1 Å². The highest BCUT2D eigenvalue weighted by Crippen LogP contribution is 2.27. The summed E-state index contributed by atoms with van der Waals surface area (Å²) in [5.41, 5.74) is 8.42. The first-order chi connectivity index (χ1) is 12.5. The molecule has 0 radical (unpaired) electrons. The van der Waals surface area contributed by atoms with E-state index < -0.39 is 0 Å². The number of nitrogens with zero attached hydrogens (tertiary/aromatic N) is 2. The summed E-state index contributed by atoms with van der Waals surface area (Å²) in [6.07, 6.45) is 1.74. The van der Waals surface area contributed by atoms with Gasteiger partial charge in [-0.3, -0.25) is 0 Å². The highest BCUT2D eigenvalue weighted by molar-refractivity contribution is 7.11. The molecule has 0 aliphatic carbocycles. The van der Waals surface area contributed by atoms with E-state index in [9.17, 15) is 5.26 Å². The van der Waals surface area contributed by atoms with Crippen molar-refractivity contribution in [1.82, 2.24) is 4.98 Å². The van der Waals surface area contributed by atoms with Gasteiger partial charge in [-0.1, -0.05) is 24.3 Å². The van der Waals surface area contributed by atoms with Gasteiger partial charge >= 0.3 is 0 Å². The first-order valence-electron chi connectivity index (χ1n) is 8.46. The second kappa shape index (κ2) is 7.55. The minimum atomic E-state index is 0.533. The molecule has 3 aromatic rings. The van der Waals surface area contributed by atoms with Crippen LogP contribution < -0.4 is 5.32 Å². The van der Waals surface area contributed by atoms with Crippen LogP contribution in [0.2, 0.25) is 0 Å². The molecule has 0 saturated heterocycles. The number of nitriles is 1. The third-order valence-corrected chi connectivity index (χ3v) is 5.51. The molecule has 0 bridgehead atoms. The van der Waals surface area contributed by atoms with Gasteiger partial charge in [0, 0.05) is 22.8 Å². The van der Waals surface area contributed by atoms with E-state index in [1.807, 2.05) is 17.5 Å². The molecule has 0 amide bonds. The number of anilines is 1. The lowest BCUT2D eigenvalue weighted by atomic mass is 10.1. The van der Waals surface area contributed by atoms with E-state index in [1.54, 1.807) is 6.20 Å². The quantitative estimate of drug-likeness (QED) is 0.579. The average molecular weight is 359 g/mol. The van der Waals surface area contributed by atoms with Crippen molar-refractivity contribution >= 4 is 22.6 Å². The number of hydrogen-bond donors (Lipinski definition) is 1. The summed E-state index contributed by atoms with van der Waals surface area (Å²) in [4.78, 5) is 4.66. The predicted molar refractivity (Wildman–Crippen MR) is 110 cm³/mol. The lowest BCUT2D eigenvalue weighted by Crippen LogP contribution is -1.95. The number of aromatic nitrogens is 1. The zero-order valence-corrected chi connectivity index (χ0v) is 16.2. The summed E-state index contributed by atoms with van der Waals surface area (Å²) in [7, 11) is 0. The van der Waals surface area contributed by atoms with Crippen LogP contribution in [0.4, 0.5) is 5.69 Å². The van der Waals surface area contributed by atoms with E-state index in [0.717, 1.165) is 22.0 Å². The monoisotopic (exact) mass is 359 g/mol. The van der Waals surface area contributed by atoms with Crippen molar-refractivity contribution in [1.29, 1.82) is 5.26 Å². The lowest BCUT2D eigenvalue weighted by Gasteiger charge is -2.08. The number of nitrogens with one attached hydrogen (secondary N) is 1. The van der Waals surface area contributed by atoms with Crippen LogP contribution >= 0.6 is 11.3 Å². The Morgan fingerprint density at radius 3 is 2.62 bits per heavy atom. The van der Waals surface area contributed by atoms with Gasteiger partial charge in [-0.2, -0.15) is 5.26 Å². The van der Waals surface area contributed by atoms with E-state index in [0.29, 0.717) is 5.57 Å². The first-order valence-corrected chi connectivity index (χ1v) is 9.34. The van der Waals surface area contributed by atoms with Crippen LogP contribution in [-0.4, -0.2) is 4.98 Å². The Morgan fingerprint density at radius 2 is 1.88 bits per heavy atom. The number of benzene rings is 2. The molecular weight excluding hydrogens is 338 g/mol. The van der Waals surface area contributed by atoms with E-state index in [-0.39, 0.29) is 0 Å². The van der Waals surface area contributed by atoms with Gasteiger partial charge in [0.2, 0.25) is 0 Å². The van der Waals surface area contributed by atoms with Gasteiger partial charge in [0.25, 0.3) is 0 Å².